The molecule has 0 saturated carbocycles. The number of halogens is 2. The number of nitrogens with one attached hydrogen (secondary N) is 1. The summed E-state index contributed by atoms with van der Waals surface area (Å²) < 4.78 is 1.77. The Morgan fingerprint density at radius 2 is 1.62 bits per heavy atom. The highest BCUT2D eigenvalue weighted by molar-refractivity contribution is 9.13. The third-order valence-electron chi connectivity index (χ3n) is 5.20. The fourth-order valence-electron chi connectivity index (χ4n) is 3.70. The summed E-state index contributed by atoms with van der Waals surface area (Å²) in [6, 6.07) is 13.7. The number of aryl methyl sites for hydroxylation is 1. The maximum atomic E-state index is 13.4. The molecule has 2 amide bonds. The molecular weight excluding hydrogens is 496 g/mol. The van der Waals surface area contributed by atoms with Crippen molar-refractivity contribution >= 4 is 55.1 Å². The number of benzene rings is 2. The van der Waals surface area contributed by atoms with Crippen molar-refractivity contribution in [2.75, 3.05) is 6.54 Å². The van der Waals surface area contributed by atoms with E-state index in [9.17, 15) is 9.59 Å². The summed E-state index contributed by atoms with van der Waals surface area (Å²) in [6.45, 7) is 4.71. The number of rotatable bonds is 5. The lowest BCUT2D eigenvalue weighted by Gasteiger charge is -2.21. The van der Waals surface area contributed by atoms with Crippen LogP contribution in [0.4, 0.5) is 0 Å². The molecule has 0 fully saturated rings. The van der Waals surface area contributed by atoms with E-state index in [0.29, 0.717) is 29.1 Å². The van der Waals surface area contributed by atoms with Crippen LogP contribution in [0.1, 0.15) is 36.5 Å². The normalized spacial score (nSPS) is 16.1. The molecule has 4 rings (SSSR count). The Morgan fingerprint density at radius 1 is 0.931 bits per heavy atom. The molecule has 1 N–H and O–H groups in total. The molecule has 2 aliphatic heterocycles. The van der Waals surface area contributed by atoms with Crippen molar-refractivity contribution in [2.45, 2.75) is 26.7 Å². The van der Waals surface area contributed by atoms with E-state index in [4.69, 9.17) is 0 Å². The van der Waals surface area contributed by atoms with E-state index in [2.05, 4.69) is 44.1 Å². The molecule has 0 atom stereocenters. The summed E-state index contributed by atoms with van der Waals surface area (Å²) >= 11 is 6.98. The van der Waals surface area contributed by atoms with Crippen molar-refractivity contribution in [1.82, 2.24) is 10.2 Å². The fraction of sp³-hybridized carbons (Fsp3) is 0.217. The largest absolute Gasteiger partial charge is 0.321 e. The van der Waals surface area contributed by atoms with Crippen LogP contribution >= 0.6 is 31.9 Å². The SMILES string of the molecule is CCCCN1C(=O)C2=C(c3ccc(Br)c(Br)c3)NC(=O)C2=C1c1ccc(C)cc1. The van der Waals surface area contributed by atoms with Gasteiger partial charge in [-0.25, -0.2) is 0 Å². The Hall–Kier alpha value is -2.18. The molecule has 148 valence electrons. The van der Waals surface area contributed by atoms with Crippen LogP contribution < -0.4 is 5.32 Å². The summed E-state index contributed by atoms with van der Waals surface area (Å²) in [5, 5.41) is 2.94. The topological polar surface area (TPSA) is 49.4 Å². The van der Waals surface area contributed by atoms with E-state index in [1.165, 1.54) is 0 Å². The average Bonchev–Trinajstić information content (AvgIpc) is 3.19. The van der Waals surface area contributed by atoms with Crippen LogP contribution in [-0.2, 0) is 9.59 Å². The number of carbonyl (C=O) groups is 2. The van der Waals surface area contributed by atoms with Gasteiger partial charge in [-0.1, -0.05) is 49.2 Å². The van der Waals surface area contributed by atoms with Gasteiger partial charge in [0.2, 0.25) is 0 Å². The second-order valence-electron chi connectivity index (χ2n) is 7.23. The van der Waals surface area contributed by atoms with Crippen LogP contribution in [0.5, 0.6) is 0 Å². The molecule has 0 bridgehead atoms. The second-order valence-corrected chi connectivity index (χ2v) is 8.94. The van der Waals surface area contributed by atoms with Crippen molar-refractivity contribution < 1.29 is 9.59 Å². The van der Waals surface area contributed by atoms with Crippen LogP contribution in [0.15, 0.2) is 62.6 Å². The number of carbonyl (C=O) groups excluding carboxylic acids is 2. The molecule has 0 radical (unpaired) electrons. The van der Waals surface area contributed by atoms with Gasteiger partial charge in [0.05, 0.1) is 22.5 Å². The smallest absolute Gasteiger partial charge is 0.261 e. The van der Waals surface area contributed by atoms with Gasteiger partial charge in [-0.15, -0.1) is 0 Å². The quantitative estimate of drug-likeness (QED) is 0.578. The molecule has 6 heteroatoms. The highest BCUT2D eigenvalue weighted by Gasteiger charge is 2.45. The van der Waals surface area contributed by atoms with E-state index in [1.807, 2.05) is 49.4 Å². The van der Waals surface area contributed by atoms with Gasteiger partial charge in [0.15, 0.2) is 0 Å². The van der Waals surface area contributed by atoms with Gasteiger partial charge >= 0.3 is 0 Å². The van der Waals surface area contributed by atoms with Gasteiger partial charge in [0.25, 0.3) is 11.8 Å². The zero-order valence-corrected chi connectivity index (χ0v) is 19.4. The lowest BCUT2D eigenvalue weighted by atomic mass is 10.0. The van der Waals surface area contributed by atoms with Crippen molar-refractivity contribution in [3.05, 3.63) is 79.2 Å². The first-order valence-electron chi connectivity index (χ1n) is 9.57. The van der Waals surface area contributed by atoms with Gasteiger partial charge in [0.1, 0.15) is 0 Å². The molecule has 2 aliphatic rings. The third kappa shape index (κ3) is 3.49. The predicted molar refractivity (Wildman–Crippen MR) is 122 cm³/mol. The average molecular weight is 516 g/mol. The molecule has 0 aromatic heterocycles. The first kappa shape index (κ1) is 20.1. The first-order chi connectivity index (χ1) is 13.9. The van der Waals surface area contributed by atoms with Crippen LogP contribution in [0.3, 0.4) is 0 Å². The number of hydrogen-bond donors (Lipinski definition) is 1. The Labute approximate surface area is 186 Å². The van der Waals surface area contributed by atoms with Crippen molar-refractivity contribution in [1.29, 1.82) is 0 Å². The molecule has 0 aliphatic carbocycles. The monoisotopic (exact) mass is 514 g/mol. The highest BCUT2D eigenvalue weighted by atomic mass is 79.9. The van der Waals surface area contributed by atoms with Gasteiger partial charge in [0, 0.05) is 21.1 Å². The predicted octanol–water partition coefficient (Wildman–Crippen LogP) is 5.41. The van der Waals surface area contributed by atoms with Crippen LogP contribution in [0.25, 0.3) is 11.4 Å². The Bertz CT molecular complexity index is 1080. The van der Waals surface area contributed by atoms with E-state index < -0.39 is 0 Å². The number of nitrogens with zero attached hydrogens (tertiary/aromatic N) is 1. The Morgan fingerprint density at radius 3 is 2.28 bits per heavy atom. The maximum absolute atomic E-state index is 13.4. The summed E-state index contributed by atoms with van der Waals surface area (Å²) in [5.41, 5.74) is 5.05. The van der Waals surface area contributed by atoms with Crippen LogP contribution in [-0.4, -0.2) is 23.3 Å². The molecule has 4 nitrogen and oxygen atoms in total. The van der Waals surface area contributed by atoms with Gasteiger partial charge in [-0.05, 0) is 62.9 Å². The molecule has 2 heterocycles. The van der Waals surface area contributed by atoms with E-state index in [1.54, 1.807) is 4.90 Å². The van der Waals surface area contributed by atoms with Crippen molar-refractivity contribution in [3.63, 3.8) is 0 Å². The third-order valence-corrected chi connectivity index (χ3v) is 7.08. The summed E-state index contributed by atoms with van der Waals surface area (Å²) in [5.74, 6) is -0.339. The lowest BCUT2D eigenvalue weighted by molar-refractivity contribution is -0.123. The first-order valence-corrected chi connectivity index (χ1v) is 11.2. The van der Waals surface area contributed by atoms with Crippen molar-refractivity contribution in [2.24, 2.45) is 0 Å². The van der Waals surface area contributed by atoms with Crippen molar-refractivity contribution in [3.8, 4) is 0 Å². The molecule has 29 heavy (non-hydrogen) atoms. The summed E-state index contributed by atoms with van der Waals surface area (Å²) in [4.78, 5) is 28.2. The fourth-order valence-corrected chi connectivity index (χ4v) is 4.32. The number of unbranched alkanes of at least 4 members (excludes halogenated alkanes) is 1. The number of hydrogen-bond acceptors (Lipinski definition) is 2. The van der Waals surface area contributed by atoms with E-state index >= 15 is 0 Å². The van der Waals surface area contributed by atoms with Gasteiger partial charge < -0.3 is 10.2 Å². The maximum Gasteiger partial charge on any atom is 0.261 e. The second kappa shape index (κ2) is 7.92. The summed E-state index contributed by atoms with van der Waals surface area (Å²) in [6.07, 6.45) is 1.85. The number of amides is 2. The standard InChI is InChI=1S/C23H20Br2N2O2/c1-3-4-11-27-21(14-7-5-13(2)6-8-14)19-18(23(27)29)20(26-22(19)28)15-9-10-16(24)17(25)12-15/h5-10,12H,3-4,11H2,1-2H3,(H,26,28). The van der Waals surface area contributed by atoms with E-state index in [0.717, 1.165) is 38.5 Å². The lowest BCUT2D eigenvalue weighted by Crippen LogP contribution is -2.28. The highest BCUT2D eigenvalue weighted by Crippen LogP contribution is 2.43. The van der Waals surface area contributed by atoms with E-state index in [-0.39, 0.29) is 11.8 Å². The number of fused-ring (bicyclic) bond motifs is 1. The minimum Gasteiger partial charge on any atom is -0.321 e. The Balaban J connectivity index is 1.92. The zero-order valence-electron chi connectivity index (χ0n) is 16.2. The minimum atomic E-state index is -0.225. The van der Waals surface area contributed by atoms with Gasteiger partial charge in [-0.2, -0.15) is 0 Å². The molecule has 0 unspecified atom stereocenters. The van der Waals surface area contributed by atoms with Crippen LogP contribution in [0, 0.1) is 6.92 Å². The summed E-state index contributed by atoms with van der Waals surface area (Å²) in [7, 11) is 0. The zero-order chi connectivity index (χ0) is 20.7. The Kier molecular flexibility index (Phi) is 5.49. The molecule has 0 saturated heterocycles. The molecule has 0 spiro atoms. The minimum absolute atomic E-state index is 0.114. The molecular formula is C23H20Br2N2O2. The van der Waals surface area contributed by atoms with Gasteiger partial charge in [-0.3, -0.25) is 9.59 Å². The molecule has 2 aromatic rings. The molecule has 2 aromatic carbocycles. The van der Waals surface area contributed by atoms with Crippen LogP contribution in [0.2, 0.25) is 0 Å².